The van der Waals surface area contributed by atoms with Crippen LogP contribution in [0.5, 0.6) is 0 Å². The average molecular weight is 276 g/mol. The van der Waals surface area contributed by atoms with Gasteiger partial charge in [0, 0.05) is 24.3 Å². The molecule has 0 amide bonds. The number of carboxylic acids is 1. The van der Waals surface area contributed by atoms with Gasteiger partial charge >= 0.3 is 5.97 Å². The summed E-state index contributed by atoms with van der Waals surface area (Å²) in [7, 11) is 0. The molecule has 0 saturated heterocycles. The normalized spacial score (nSPS) is 10.4. The molecule has 0 bridgehead atoms. The quantitative estimate of drug-likeness (QED) is 0.673. The Bertz CT molecular complexity index is 604. The largest absolute Gasteiger partial charge is 0.478 e. The third kappa shape index (κ3) is 3.25. The molecule has 0 radical (unpaired) electrons. The van der Waals surface area contributed by atoms with Crippen LogP contribution in [0.2, 0.25) is 0 Å². The summed E-state index contributed by atoms with van der Waals surface area (Å²) in [5.74, 6) is 0.0626. The van der Waals surface area contributed by atoms with Crippen molar-refractivity contribution < 1.29 is 9.90 Å². The van der Waals surface area contributed by atoms with E-state index in [9.17, 15) is 9.90 Å². The molecule has 0 atom stereocenters. The third-order valence-corrected chi connectivity index (χ3v) is 3.36. The first kappa shape index (κ1) is 13.4. The van der Waals surface area contributed by atoms with Crippen molar-refractivity contribution in [3.8, 4) is 0 Å². The lowest BCUT2D eigenvalue weighted by Gasteiger charge is -2.08. The summed E-state index contributed by atoms with van der Waals surface area (Å²) in [6.07, 6.45) is 4.84. The van der Waals surface area contributed by atoms with Gasteiger partial charge in [-0.1, -0.05) is 11.8 Å². The molecule has 0 aromatic carbocycles. The summed E-state index contributed by atoms with van der Waals surface area (Å²) in [6.45, 7) is 3.41. The van der Waals surface area contributed by atoms with Gasteiger partial charge in [0.15, 0.2) is 0 Å². The van der Waals surface area contributed by atoms with Crippen LogP contribution in [0.3, 0.4) is 0 Å². The van der Waals surface area contributed by atoms with Crippen LogP contribution in [-0.4, -0.2) is 31.0 Å². The number of thioether (sulfide) groups is 1. The molecule has 98 valence electrons. The zero-order valence-corrected chi connectivity index (χ0v) is 11.3. The SMILES string of the molecule is Cc1nc(C)c(C(=O)O)c(SCc2cnccn2)n1. The zero-order chi connectivity index (χ0) is 13.8. The lowest BCUT2D eigenvalue weighted by atomic mass is 10.2. The van der Waals surface area contributed by atoms with Crippen LogP contribution in [-0.2, 0) is 5.75 Å². The number of aromatic carboxylic acids is 1. The molecule has 2 aromatic heterocycles. The Labute approximate surface area is 114 Å². The van der Waals surface area contributed by atoms with Gasteiger partial charge in [-0.2, -0.15) is 0 Å². The van der Waals surface area contributed by atoms with E-state index in [2.05, 4.69) is 19.9 Å². The highest BCUT2D eigenvalue weighted by Crippen LogP contribution is 2.25. The second kappa shape index (κ2) is 5.75. The number of aryl methyl sites for hydroxylation is 2. The molecule has 0 aliphatic carbocycles. The van der Waals surface area contributed by atoms with Crippen molar-refractivity contribution >= 4 is 17.7 Å². The molecule has 7 heteroatoms. The number of aromatic nitrogens is 4. The van der Waals surface area contributed by atoms with Gasteiger partial charge in [0.05, 0.1) is 11.4 Å². The summed E-state index contributed by atoms with van der Waals surface area (Å²) in [5.41, 5.74) is 1.40. The van der Waals surface area contributed by atoms with E-state index in [4.69, 9.17) is 0 Å². The Morgan fingerprint density at radius 2 is 2.11 bits per heavy atom. The Morgan fingerprint density at radius 3 is 2.74 bits per heavy atom. The van der Waals surface area contributed by atoms with Crippen LogP contribution in [0.25, 0.3) is 0 Å². The van der Waals surface area contributed by atoms with E-state index in [-0.39, 0.29) is 5.56 Å². The maximum Gasteiger partial charge on any atom is 0.340 e. The van der Waals surface area contributed by atoms with Crippen LogP contribution in [0.4, 0.5) is 0 Å². The van der Waals surface area contributed by atoms with Crippen molar-refractivity contribution in [2.45, 2.75) is 24.6 Å². The molecule has 0 unspecified atom stereocenters. The van der Waals surface area contributed by atoms with Crippen LogP contribution in [0, 0.1) is 13.8 Å². The smallest absolute Gasteiger partial charge is 0.340 e. The molecule has 0 aliphatic rings. The molecule has 2 aromatic rings. The van der Waals surface area contributed by atoms with Crippen molar-refractivity contribution in [3.05, 3.63) is 41.4 Å². The standard InChI is InChI=1S/C12H12N4O2S/c1-7-10(12(17)18)11(16-8(2)15-7)19-6-9-5-13-3-4-14-9/h3-5H,6H2,1-2H3,(H,17,18). The van der Waals surface area contributed by atoms with Gasteiger partial charge < -0.3 is 5.11 Å². The van der Waals surface area contributed by atoms with E-state index < -0.39 is 5.97 Å². The van der Waals surface area contributed by atoms with Crippen molar-refractivity contribution in [2.75, 3.05) is 0 Å². The Balaban J connectivity index is 2.27. The van der Waals surface area contributed by atoms with Crippen LogP contribution in [0.15, 0.2) is 23.6 Å². The van der Waals surface area contributed by atoms with Crippen molar-refractivity contribution in [3.63, 3.8) is 0 Å². The highest BCUT2D eigenvalue weighted by atomic mass is 32.2. The minimum Gasteiger partial charge on any atom is -0.478 e. The Morgan fingerprint density at radius 1 is 1.32 bits per heavy atom. The molecule has 0 saturated carbocycles. The minimum absolute atomic E-state index is 0.152. The first-order chi connectivity index (χ1) is 9.08. The van der Waals surface area contributed by atoms with Gasteiger partial charge in [-0.25, -0.2) is 14.8 Å². The third-order valence-electron chi connectivity index (χ3n) is 2.36. The van der Waals surface area contributed by atoms with E-state index in [0.717, 1.165) is 5.69 Å². The molecule has 19 heavy (non-hydrogen) atoms. The molecule has 2 heterocycles. The molecule has 6 nitrogen and oxygen atoms in total. The van der Waals surface area contributed by atoms with E-state index in [1.807, 2.05) is 0 Å². The fourth-order valence-corrected chi connectivity index (χ4v) is 2.59. The number of carbonyl (C=O) groups is 1. The number of hydrogen-bond donors (Lipinski definition) is 1. The van der Waals surface area contributed by atoms with Gasteiger partial charge in [0.1, 0.15) is 16.4 Å². The van der Waals surface area contributed by atoms with E-state index >= 15 is 0 Å². The van der Waals surface area contributed by atoms with Crippen LogP contribution in [0.1, 0.15) is 27.6 Å². The predicted octanol–water partition coefficient (Wildman–Crippen LogP) is 1.87. The summed E-state index contributed by atoms with van der Waals surface area (Å²) in [5, 5.41) is 9.67. The zero-order valence-electron chi connectivity index (χ0n) is 10.5. The van der Waals surface area contributed by atoms with Crippen LogP contribution >= 0.6 is 11.8 Å². The Kier molecular flexibility index (Phi) is 4.06. The molecule has 0 aliphatic heterocycles. The number of hydrogen-bond acceptors (Lipinski definition) is 6. The predicted molar refractivity (Wildman–Crippen MR) is 70.1 cm³/mol. The molecular weight excluding hydrogens is 264 g/mol. The fraction of sp³-hybridized carbons (Fsp3) is 0.250. The second-order valence-electron chi connectivity index (χ2n) is 3.83. The molecular formula is C12H12N4O2S. The summed E-state index contributed by atoms with van der Waals surface area (Å²) in [6, 6.07) is 0. The summed E-state index contributed by atoms with van der Waals surface area (Å²) < 4.78 is 0. The van der Waals surface area contributed by atoms with Gasteiger partial charge in [-0.3, -0.25) is 9.97 Å². The van der Waals surface area contributed by atoms with E-state index in [1.54, 1.807) is 32.4 Å². The summed E-state index contributed by atoms with van der Waals surface area (Å²) >= 11 is 1.32. The van der Waals surface area contributed by atoms with Gasteiger partial charge in [-0.05, 0) is 13.8 Å². The molecule has 0 spiro atoms. The minimum atomic E-state index is -1.01. The lowest BCUT2D eigenvalue weighted by Crippen LogP contribution is -2.08. The topological polar surface area (TPSA) is 88.9 Å². The van der Waals surface area contributed by atoms with Crippen molar-refractivity contribution in [1.29, 1.82) is 0 Å². The summed E-state index contributed by atoms with van der Waals surface area (Å²) in [4.78, 5) is 27.6. The number of carboxylic acid groups (broad SMARTS) is 1. The number of nitrogens with zero attached hydrogens (tertiary/aromatic N) is 4. The highest BCUT2D eigenvalue weighted by molar-refractivity contribution is 7.98. The van der Waals surface area contributed by atoms with Gasteiger partial charge in [0.2, 0.25) is 0 Å². The first-order valence-corrected chi connectivity index (χ1v) is 6.52. The van der Waals surface area contributed by atoms with Gasteiger partial charge in [0.25, 0.3) is 0 Å². The first-order valence-electron chi connectivity index (χ1n) is 5.54. The van der Waals surface area contributed by atoms with E-state index in [1.165, 1.54) is 11.8 Å². The van der Waals surface area contributed by atoms with E-state index in [0.29, 0.717) is 22.3 Å². The average Bonchev–Trinajstić information content (AvgIpc) is 2.36. The molecule has 1 N–H and O–H groups in total. The maximum absolute atomic E-state index is 11.2. The monoisotopic (exact) mass is 276 g/mol. The Hall–Kier alpha value is -2.02. The maximum atomic E-state index is 11.2. The fourth-order valence-electron chi connectivity index (χ4n) is 1.58. The van der Waals surface area contributed by atoms with Crippen LogP contribution < -0.4 is 0 Å². The van der Waals surface area contributed by atoms with Gasteiger partial charge in [-0.15, -0.1) is 0 Å². The van der Waals surface area contributed by atoms with Crippen molar-refractivity contribution in [1.82, 2.24) is 19.9 Å². The highest BCUT2D eigenvalue weighted by Gasteiger charge is 2.17. The molecule has 0 fully saturated rings. The molecule has 2 rings (SSSR count). The number of rotatable bonds is 4. The second-order valence-corrected chi connectivity index (χ2v) is 4.79. The van der Waals surface area contributed by atoms with Crippen molar-refractivity contribution in [2.24, 2.45) is 0 Å². The lowest BCUT2D eigenvalue weighted by molar-refractivity contribution is 0.0690.